The zero-order valence-electron chi connectivity index (χ0n) is 10.5. The highest BCUT2D eigenvalue weighted by Crippen LogP contribution is 2.48. The Morgan fingerprint density at radius 1 is 1.37 bits per heavy atom. The summed E-state index contributed by atoms with van der Waals surface area (Å²) in [6.45, 7) is 2.22. The molecular weight excluding hydrogens is 373 g/mol. The van der Waals surface area contributed by atoms with Crippen LogP contribution in [0.5, 0.6) is 0 Å². The smallest absolute Gasteiger partial charge is 0.214 e. The van der Waals surface area contributed by atoms with Crippen LogP contribution in [0.2, 0.25) is 0 Å². The first-order valence-corrected chi connectivity index (χ1v) is 8.55. The van der Waals surface area contributed by atoms with Crippen molar-refractivity contribution in [2.45, 2.75) is 31.7 Å². The lowest BCUT2D eigenvalue weighted by atomic mass is 9.61. The molecule has 0 unspecified atom stereocenters. The molecule has 0 radical (unpaired) electrons. The predicted octanol–water partition coefficient (Wildman–Crippen LogP) is 2.10. The molecule has 3 heterocycles. The molecule has 102 valence electrons. The fourth-order valence-corrected chi connectivity index (χ4v) is 5.01. The maximum Gasteiger partial charge on any atom is 0.214 e. The van der Waals surface area contributed by atoms with E-state index in [9.17, 15) is 0 Å². The summed E-state index contributed by atoms with van der Waals surface area (Å²) in [6.07, 6.45) is 6.95. The van der Waals surface area contributed by atoms with Crippen LogP contribution >= 0.6 is 33.9 Å². The number of aromatic nitrogens is 3. The second-order valence-corrected chi connectivity index (χ2v) is 7.87. The summed E-state index contributed by atoms with van der Waals surface area (Å²) < 4.78 is 2.90. The van der Waals surface area contributed by atoms with Crippen LogP contribution in [0, 0.1) is 9.12 Å². The zero-order chi connectivity index (χ0) is 13.0. The van der Waals surface area contributed by atoms with Crippen LogP contribution in [0.15, 0.2) is 6.20 Å². The van der Waals surface area contributed by atoms with E-state index >= 15 is 0 Å². The molecule has 2 fully saturated rings. The minimum Gasteiger partial charge on any atom is -0.347 e. The number of hydrogen-bond acceptors (Lipinski definition) is 5. The fraction of sp³-hybridized carbons (Fsp3) is 0.667. The van der Waals surface area contributed by atoms with Crippen molar-refractivity contribution in [2.24, 2.45) is 11.1 Å². The molecule has 0 bridgehead atoms. The minimum absolute atomic E-state index is 0.455. The highest BCUT2D eigenvalue weighted by atomic mass is 127. The van der Waals surface area contributed by atoms with Crippen LogP contribution in [0.25, 0.3) is 4.96 Å². The van der Waals surface area contributed by atoms with Crippen LogP contribution in [-0.4, -0.2) is 33.7 Å². The van der Waals surface area contributed by atoms with Crippen molar-refractivity contribution in [1.82, 2.24) is 14.6 Å². The van der Waals surface area contributed by atoms with E-state index in [0.717, 1.165) is 26.9 Å². The van der Waals surface area contributed by atoms with Crippen LogP contribution in [-0.2, 0) is 0 Å². The van der Waals surface area contributed by atoms with Gasteiger partial charge in [0.05, 0.1) is 6.20 Å². The quantitative estimate of drug-likeness (QED) is 0.760. The summed E-state index contributed by atoms with van der Waals surface area (Å²) in [7, 11) is 0. The van der Waals surface area contributed by atoms with Gasteiger partial charge in [0.2, 0.25) is 10.1 Å². The molecule has 2 aromatic rings. The summed E-state index contributed by atoms with van der Waals surface area (Å²) in [4.78, 5) is 7.85. The topological polar surface area (TPSA) is 59.5 Å². The molecular formula is C12H16IN5S. The van der Waals surface area contributed by atoms with E-state index in [0.29, 0.717) is 11.5 Å². The molecule has 0 amide bonds. The van der Waals surface area contributed by atoms with Crippen molar-refractivity contribution >= 4 is 44.0 Å². The van der Waals surface area contributed by atoms with Gasteiger partial charge < -0.3 is 10.6 Å². The van der Waals surface area contributed by atoms with Gasteiger partial charge in [0.15, 0.2) is 0 Å². The third-order valence-corrected chi connectivity index (χ3v) is 5.99. The molecule has 5 nitrogen and oxygen atoms in total. The molecule has 0 atom stereocenters. The van der Waals surface area contributed by atoms with Crippen molar-refractivity contribution in [3.63, 3.8) is 0 Å². The van der Waals surface area contributed by atoms with Crippen LogP contribution in [0.4, 0.5) is 5.13 Å². The molecule has 7 heteroatoms. The molecule has 2 N–H and O–H groups in total. The van der Waals surface area contributed by atoms with E-state index in [1.165, 1.54) is 25.7 Å². The van der Waals surface area contributed by atoms with Gasteiger partial charge in [-0.25, -0.2) is 9.50 Å². The van der Waals surface area contributed by atoms with Crippen molar-refractivity contribution in [1.29, 1.82) is 0 Å². The molecule has 2 aliphatic rings. The van der Waals surface area contributed by atoms with Gasteiger partial charge in [0.25, 0.3) is 0 Å². The van der Waals surface area contributed by atoms with Gasteiger partial charge in [-0.3, -0.25) is 0 Å². The lowest BCUT2D eigenvalue weighted by molar-refractivity contribution is 0.0713. The summed E-state index contributed by atoms with van der Waals surface area (Å²) in [5.74, 6) is 0. The third-order valence-electron chi connectivity index (χ3n) is 4.49. The van der Waals surface area contributed by atoms with Gasteiger partial charge in [-0.2, -0.15) is 0 Å². The number of halogens is 1. The number of hydrogen-bond donors (Lipinski definition) is 1. The molecule has 1 saturated carbocycles. The second-order valence-electron chi connectivity index (χ2n) is 5.83. The Kier molecular flexibility index (Phi) is 2.79. The lowest BCUT2D eigenvalue weighted by Crippen LogP contribution is -2.52. The zero-order valence-corrected chi connectivity index (χ0v) is 13.5. The summed E-state index contributed by atoms with van der Waals surface area (Å²) in [5, 5.41) is 5.74. The predicted molar refractivity (Wildman–Crippen MR) is 84.7 cm³/mol. The average Bonchev–Trinajstić information content (AvgIpc) is 2.85. The third kappa shape index (κ3) is 2.06. The van der Waals surface area contributed by atoms with Gasteiger partial charge >= 0.3 is 0 Å². The SMILES string of the molecule is NC1CC2(CCN(c3nn4cc(I)nc4s3)CC2)C1. The number of piperidine rings is 1. The van der Waals surface area contributed by atoms with Gasteiger partial charge in [-0.15, -0.1) is 5.10 Å². The standard InChI is InChI=1S/C12H16IN5S/c13-9-7-18-10(15-9)19-11(16-18)17-3-1-12(2-4-17)5-8(14)6-12/h7-8H,1-6,14H2. The Bertz CT molecular complexity index is 573. The van der Waals surface area contributed by atoms with E-state index in [1.54, 1.807) is 11.3 Å². The molecule has 1 spiro atoms. The van der Waals surface area contributed by atoms with Gasteiger partial charge in [-0.1, -0.05) is 11.3 Å². The number of fused-ring (bicyclic) bond motifs is 1. The Morgan fingerprint density at radius 2 is 2.11 bits per heavy atom. The van der Waals surface area contributed by atoms with Crippen LogP contribution in [0.3, 0.4) is 0 Å². The maximum absolute atomic E-state index is 5.94. The molecule has 0 aromatic carbocycles. The van der Waals surface area contributed by atoms with E-state index in [-0.39, 0.29) is 0 Å². The van der Waals surface area contributed by atoms with Crippen molar-refractivity contribution < 1.29 is 0 Å². The second kappa shape index (κ2) is 4.29. The first kappa shape index (κ1) is 12.3. The Morgan fingerprint density at radius 3 is 2.74 bits per heavy atom. The Hall–Kier alpha value is -0.410. The highest BCUT2D eigenvalue weighted by Gasteiger charge is 2.44. The number of nitrogens with zero attached hydrogens (tertiary/aromatic N) is 4. The Balaban J connectivity index is 1.50. The Labute approximate surface area is 129 Å². The minimum atomic E-state index is 0.455. The summed E-state index contributed by atoms with van der Waals surface area (Å²) in [6, 6.07) is 0.455. The fourth-order valence-electron chi connectivity index (χ4n) is 3.42. The van der Waals surface area contributed by atoms with Gasteiger partial charge in [0.1, 0.15) is 3.70 Å². The number of anilines is 1. The molecule has 2 aromatic heterocycles. The largest absolute Gasteiger partial charge is 0.347 e. The van der Waals surface area contributed by atoms with E-state index in [1.807, 2.05) is 10.7 Å². The van der Waals surface area contributed by atoms with Crippen molar-refractivity contribution in [2.75, 3.05) is 18.0 Å². The summed E-state index contributed by atoms with van der Waals surface area (Å²) >= 11 is 3.91. The van der Waals surface area contributed by atoms with Crippen molar-refractivity contribution in [3.8, 4) is 0 Å². The molecule has 1 saturated heterocycles. The van der Waals surface area contributed by atoms with Crippen LogP contribution < -0.4 is 10.6 Å². The average molecular weight is 389 g/mol. The normalized spacial score (nSPS) is 23.2. The molecule has 1 aliphatic heterocycles. The van der Waals surface area contributed by atoms with Gasteiger partial charge in [0, 0.05) is 19.1 Å². The van der Waals surface area contributed by atoms with Gasteiger partial charge in [-0.05, 0) is 53.7 Å². The van der Waals surface area contributed by atoms with E-state index in [4.69, 9.17) is 5.73 Å². The first-order chi connectivity index (χ1) is 9.13. The number of rotatable bonds is 1. The monoisotopic (exact) mass is 389 g/mol. The molecule has 1 aliphatic carbocycles. The van der Waals surface area contributed by atoms with Crippen LogP contribution in [0.1, 0.15) is 25.7 Å². The maximum atomic E-state index is 5.94. The lowest BCUT2D eigenvalue weighted by Gasteiger charge is -2.51. The molecule has 4 rings (SSSR count). The van der Waals surface area contributed by atoms with Crippen molar-refractivity contribution in [3.05, 3.63) is 9.90 Å². The van der Waals surface area contributed by atoms with E-state index < -0.39 is 0 Å². The number of imidazole rings is 1. The summed E-state index contributed by atoms with van der Waals surface area (Å²) in [5.41, 5.74) is 6.50. The number of nitrogens with two attached hydrogens (primary N) is 1. The first-order valence-electron chi connectivity index (χ1n) is 6.66. The molecule has 19 heavy (non-hydrogen) atoms. The highest BCUT2D eigenvalue weighted by molar-refractivity contribution is 14.1. The van der Waals surface area contributed by atoms with E-state index in [2.05, 4.69) is 37.6 Å².